The van der Waals surface area contributed by atoms with Crippen molar-refractivity contribution in [1.82, 2.24) is 0 Å². The molecule has 0 bridgehead atoms. The lowest BCUT2D eigenvalue weighted by Gasteiger charge is -2.26. The van der Waals surface area contributed by atoms with E-state index in [0.717, 1.165) is 21.9 Å². The zero-order valence-electron chi connectivity index (χ0n) is 10.7. The number of rotatable bonds is 1. The van der Waals surface area contributed by atoms with Crippen molar-refractivity contribution >= 4 is 16.7 Å². The highest BCUT2D eigenvalue weighted by Gasteiger charge is 2.29. The van der Waals surface area contributed by atoms with Gasteiger partial charge in [-0.15, -0.1) is 0 Å². The van der Waals surface area contributed by atoms with Gasteiger partial charge in [0.05, 0.1) is 5.56 Å². The van der Waals surface area contributed by atoms with Gasteiger partial charge < -0.3 is 4.74 Å². The van der Waals surface area contributed by atoms with Crippen LogP contribution in [0.5, 0.6) is 0 Å². The number of cyclic esters (lactones) is 1. The van der Waals surface area contributed by atoms with Crippen LogP contribution in [-0.4, -0.2) is 5.97 Å². The van der Waals surface area contributed by atoms with E-state index in [0.29, 0.717) is 5.56 Å². The van der Waals surface area contributed by atoms with E-state index in [9.17, 15) is 4.79 Å². The average Bonchev–Trinajstić information content (AvgIpc) is 2.52. The highest BCUT2D eigenvalue weighted by atomic mass is 16.5. The first kappa shape index (κ1) is 11.2. The van der Waals surface area contributed by atoms with E-state index in [-0.39, 0.29) is 12.1 Å². The third-order valence-electron chi connectivity index (χ3n) is 3.77. The van der Waals surface area contributed by atoms with Crippen molar-refractivity contribution in [2.24, 2.45) is 0 Å². The molecule has 0 spiro atoms. The molecule has 1 atom stereocenters. The summed E-state index contributed by atoms with van der Waals surface area (Å²) in [6, 6.07) is 21.7. The normalized spacial score (nSPS) is 17.0. The van der Waals surface area contributed by atoms with Gasteiger partial charge in [-0.1, -0.05) is 60.7 Å². The van der Waals surface area contributed by atoms with Crippen molar-refractivity contribution in [2.75, 3.05) is 0 Å². The van der Waals surface area contributed by atoms with Crippen LogP contribution in [0, 0.1) is 0 Å². The second-order valence-electron chi connectivity index (χ2n) is 4.95. The molecular formula is C18H12O2. The molecule has 96 valence electrons. The summed E-state index contributed by atoms with van der Waals surface area (Å²) < 4.78 is 5.65. The molecule has 1 aliphatic rings. The lowest BCUT2D eigenvalue weighted by atomic mass is 9.91. The fourth-order valence-corrected chi connectivity index (χ4v) is 2.87. The molecule has 4 rings (SSSR count). The number of carbonyl (C=O) groups excluding carboxylic acids is 1. The third kappa shape index (κ3) is 1.55. The van der Waals surface area contributed by atoms with E-state index in [1.165, 1.54) is 0 Å². The Morgan fingerprint density at radius 1 is 0.800 bits per heavy atom. The monoisotopic (exact) mass is 260 g/mol. The van der Waals surface area contributed by atoms with Gasteiger partial charge in [-0.05, 0) is 17.0 Å². The maximum atomic E-state index is 12.2. The maximum absolute atomic E-state index is 12.2. The summed E-state index contributed by atoms with van der Waals surface area (Å²) in [5, 5.41) is 2.10. The van der Waals surface area contributed by atoms with Gasteiger partial charge in [0.15, 0.2) is 6.10 Å². The quantitative estimate of drug-likeness (QED) is 0.616. The molecule has 1 aliphatic heterocycles. The molecule has 1 unspecified atom stereocenters. The second-order valence-corrected chi connectivity index (χ2v) is 4.95. The van der Waals surface area contributed by atoms with Crippen LogP contribution in [0.25, 0.3) is 10.8 Å². The van der Waals surface area contributed by atoms with Crippen LogP contribution in [0.2, 0.25) is 0 Å². The van der Waals surface area contributed by atoms with Gasteiger partial charge >= 0.3 is 5.97 Å². The predicted molar refractivity (Wildman–Crippen MR) is 77.6 cm³/mol. The zero-order chi connectivity index (χ0) is 13.5. The summed E-state index contributed by atoms with van der Waals surface area (Å²) in [5.41, 5.74) is 2.72. The molecule has 3 aromatic carbocycles. The minimum Gasteiger partial charge on any atom is -0.449 e. The molecule has 2 heteroatoms. The third-order valence-corrected chi connectivity index (χ3v) is 3.77. The number of ether oxygens (including phenoxy) is 1. The molecular weight excluding hydrogens is 248 g/mol. The van der Waals surface area contributed by atoms with Crippen molar-refractivity contribution in [3.8, 4) is 0 Å². The van der Waals surface area contributed by atoms with E-state index in [1.54, 1.807) is 0 Å². The number of benzene rings is 3. The molecule has 2 nitrogen and oxygen atoms in total. The van der Waals surface area contributed by atoms with Crippen LogP contribution < -0.4 is 0 Å². The zero-order valence-corrected chi connectivity index (χ0v) is 10.7. The number of carbonyl (C=O) groups is 1. The van der Waals surface area contributed by atoms with Gasteiger partial charge in [0.25, 0.3) is 0 Å². The smallest absolute Gasteiger partial charge is 0.339 e. The van der Waals surface area contributed by atoms with Crippen molar-refractivity contribution in [2.45, 2.75) is 6.10 Å². The summed E-state index contributed by atoms with van der Waals surface area (Å²) in [4.78, 5) is 12.2. The second kappa shape index (κ2) is 4.20. The summed E-state index contributed by atoms with van der Waals surface area (Å²) in [6.45, 7) is 0. The van der Waals surface area contributed by atoms with Crippen LogP contribution in [-0.2, 0) is 4.74 Å². The van der Waals surface area contributed by atoms with Crippen LogP contribution in [0.4, 0.5) is 0 Å². The summed E-state index contributed by atoms with van der Waals surface area (Å²) in [7, 11) is 0. The van der Waals surface area contributed by atoms with Crippen LogP contribution in [0.3, 0.4) is 0 Å². The van der Waals surface area contributed by atoms with Gasteiger partial charge in [0.2, 0.25) is 0 Å². The van der Waals surface area contributed by atoms with Crippen LogP contribution in [0.1, 0.15) is 27.6 Å². The highest BCUT2D eigenvalue weighted by Crippen LogP contribution is 2.38. The Labute approximate surface area is 116 Å². The highest BCUT2D eigenvalue weighted by molar-refractivity contribution is 6.08. The van der Waals surface area contributed by atoms with Crippen LogP contribution in [0.15, 0.2) is 66.7 Å². The fraction of sp³-hybridized carbons (Fsp3) is 0.0556. The van der Waals surface area contributed by atoms with Gasteiger partial charge in [0, 0.05) is 10.9 Å². The van der Waals surface area contributed by atoms with E-state index < -0.39 is 0 Å². The lowest BCUT2D eigenvalue weighted by Crippen LogP contribution is -2.19. The number of esters is 1. The number of hydrogen-bond acceptors (Lipinski definition) is 2. The first-order valence-corrected chi connectivity index (χ1v) is 6.62. The molecule has 0 aromatic heterocycles. The van der Waals surface area contributed by atoms with Gasteiger partial charge in [-0.2, -0.15) is 0 Å². The predicted octanol–water partition coefficient (Wildman–Crippen LogP) is 4.10. The molecule has 0 saturated heterocycles. The van der Waals surface area contributed by atoms with Crippen molar-refractivity contribution in [3.05, 3.63) is 83.4 Å². The Hall–Kier alpha value is -2.61. The molecule has 1 heterocycles. The van der Waals surface area contributed by atoms with E-state index in [4.69, 9.17) is 4.74 Å². The molecule has 0 fully saturated rings. The molecule has 3 aromatic rings. The van der Waals surface area contributed by atoms with Gasteiger partial charge in [0.1, 0.15) is 0 Å². The Morgan fingerprint density at radius 2 is 1.55 bits per heavy atom. The van der Waals surface area contributed by atoms with E-state index >= 15 is 0 Å². The molecule has 0 saturated carbocycles. The average molecular weight is 260 g/mol. The van der Waals surface area contributed by atoms with Crippen molar-refractivity contribution in [1.29, 1.82) is 0 Å². The van der Waals surface area contributed by atoms with Crippen LogP contribution >= 0.6 is 0 Å². The SMILES string of the molecule is O=C1OC(c2ccccc2)c2cccc3cccc1c23. The molecule has 20 heavy (non-hydrogen) atoms. The molecule has 0 N–H and O–H groups in total. The fourth-order valence-electron chi connectivity index (χ4n) is 2.87. The lowest BCUT2D eigenvalue weighted by molar-refractivity contribution is 0.0366. The van der Waals surface area contributed by atoms with Crippen molar-refractivity contribution in [3.63, 3.8) is 0 Å². The molecule has 0 aliphatic carbocycles. The van der Waals surface area contributed by atoms with E-state index in [1.807, 2.05) is 66.7 Å². The molecule has 0 amide bonds. The number of hydrogen-bond donors (Lipinski definition) is 0. The van der Waals surface area contributed by atoms with Crippen molar-refractivity contribution < 1.29 is 9.53 Å². The Morgan fingerprint density at radius 3 is 2.35 bits per heavy atom. The Bertz CT molecular complexity index is 801. The largest absolute Gasteiger partial charge is 0.449 e. The minimum absolute atomic E-state index is 0.247. The minimum atomic E-state index is -0.317. The first-order valence-electron chi connectivity index (χ1n) is 6.62. The Kier molecular flexibility index (Phi) is 2.36. The van der Waals surface area contributed by atoms with Gasteiger partial charge in [-0.3, -0.25) is 0 Å². The van der Waals surface area contributed by atoms with E-state index in [2.05, 4.69) is 0 Å². The maximum Gasteiger partial charge on any atom is 0.339 e. The first-order chi connectivity index (χ1) is 9.84. The summed E-state index contributed by atoms with van der Waals surface area (Å²) in [6.07, 6.45) is -0.317. The van der Waals surface area contributed by atoms with Gasteiger partial charge in [-0.25, -0.2) is 4.79 Å². The molecule has 0 radical (unpaired) electrons. The summed E-state index contributed by atoms with van der Waals surface area (Å²) >= 11 is 0. The standard InChI is InChI=1S/C18H12O2/c19-18-15-11-5-9-12-8-4-10-14(16(12)15)17(20-18)13-6-2-1-3-7-13/h1-11,17H. The topological polar surface area (TPSA) is 26.3 Å². The summed E-state index contributed by atoms with van der Waals surface area (Å²) in [5.74, 6) is -0.247. The Balaban J connectivity index is 2.03.